The molecule has 1 atom stereocenters. The Labute approximate surface area is 101 Å². The molecule has 0 aliphatic rings. The quantitative estimate of drug-likeness (QED) is 0.848. The van der Waals surface area contributed by atoms with Crippen molar-refractivity contribution >= 4 is 17.3 Å². The molecule has 0 aliphatic heterocycles. The van der Waals surface area contributed by atoms with E-state index in [1.54, 1.807) is 18.2 Å². The highest BCUT2D eigenvalue weighted by atomic mass is 35.5. The van der Waals surface area contributed by atoms with Gasteiger partial charge in [-0.05, 0) is 24.1 Å². The lowest BCUT2D eigenvalue weighted by molar-refractivity contribution is 0.249. The number of aliphatic hydroxyl groups is 1. The summed E-state index contributed by atoms with van der Waals surface area (Å²) < 4.78 is 0. The van der Waals surface area contributed by atoms with Gasteiger partial charge in [-0.25, -0.2) is 0 Å². The summed E-state index contributed by atoms with van der Waals surface area (Å²) >= 11 is 5.87. The first kappa shape index (κ1) is 12.8. The molecule has 1 aromatic carbocycles. The van der Waals surface area contributed by atoms with Gasteiger partial charge in [0, 0.05) is 5.02 Å². The summed E-state index contributed by atoms with van der Waals surface area (Å²) in [5.74, 6) is 0.274. The lowest BCUT2D eigenvalue weighted by Crippen LogP contribution is -2.29. The third-order valence-corrected chi connectivity index (χ3v) is 2.68. The van der Waals surface area contributed by atoms with Crippen LogP contribution >= 0.6 is 11.6 Å². The van der Waals surface area contributed by atoms with Gasteiger partial charge < -0.3 is 10.4 Å². The van der Waals surface area contributed by atoms with E-state index in [4.69, 9.17) is 16.9 Å². The van der Waals surface area contributed by atoms with Gasteiger partial charge in [-0.3, -0.25) is 0 Å². The van der Waals surface area contributed by atoms with Crippen LogP contribution in [-0.4, -0.2) is 17.8 Å². The van der Waals surface area contributed by atoms with Crippen molar-refractivity contribution in [2.45, 2.75) is 19.9 Å². The molecule has 0 aromatic heterocycles. The molecule has 3 nitrogen and oxygen atoms in total. The minimum Gasteiger partial charge on any atom is -0.394 e. The Morgan fingerprint density at radius 3 is 2.69 bits per heavy atom. The number of nitrogens with zero attached hydrogens (tertiary/aromatic N) is 1. The molecule has 0 spiro atoms. The number of benzene rings is 1. The van der Waals surface area contributed by atoms with Crippen molar-refractivity contribution in [3.8, 4) is 6.07 Å². The number of nitrogens with one attached hydrogen (secondary N) is 1. The van der Waals surface area contributed by atoms with Crippen LogP contribution in [0.15, 0.2) is 18.2 Å². The number of hydrogen-bond acceptors (Lipinski definition) is 3. The van der Waals surface area contributed by atoms with E-state index in [2.05, 4.69) is 11.4 Å². The highest BCUT2D eigenvalue weighted by molar-refractivity contribution is 6.30. The maximum atomic E-state index is 9.21. The van der Waals surface area contributed by atoms with E-state index in [9.17, 15) is 5.11 Å². The zero-order valence-electron chi connectivity index (χ0n) is 9.37. The van der Waals surface area contributed by atoms with Crippen molar-refractivity contribution < 1.29 is 5.11 Å². The zero-order valence-corrected chi connectivity index (χ0v) is 10.1. The van der Waals surface area contributed by atoms with Crippen molar-refractivity contribution in [3.05, 3.63) is 28.8 Å². The van der Waals surface area contributed by atoms with E-state index in [1.807, 2.05) is 13.8 Å². The van der Waals surface area contributed by atoms with E-state index in [0.29, 0.717) is 16.3 Å². The van der Waals surface area contributed by atoms with Crippen LogP contribution < -0.4 is 5.32 Å². The molecule has 0 heterocycles. The van der Waals surface area contributed by atoms with Crippen molar-refractivity contribution in [1.29, 1.82) is 5.26 Å². The minimum absolute atomic E-state index is 0.0229. The van der Waals surface area contributed by atoms with Gasteiger partial charge >= 0.3 is 0 Å². The highest BCUT2D eigenvalue weighted by Gasteiger charge is 2.13. The monoisotopic (exact) mass is 238 g/mol. The van der Waals surface area contributed by atoms with Gasteiger partial charge in [-0.1, -0.05) is 25.4 Å². The van der Waals surface area contributed by atoms with Crippen LogP contribution in [0.4, 0.5) is 5.69 Å². The first-order valence-corrected chi connectivity index (χ1v) is 5.53. The predicted octanol–water partition coefficient (Wildman–Crippen LogP) is 2.64. The SMILES string of the molecule is CC(C)[C@@H](CO)Nc1cc(Cl)ccc1C#N. The fourth-order valence-electron chi connectivity index (χ4n) is 1.36. The van der Waals surface area contributed by atoms with Crippen LogP contribution in [0.3, 0.4) is 0 Å². The average Bonchev–Trinajstić information content (AvgIpc) is 2.25. The number of aliphatic hydroxyl groups excluding tert-OH is 1. The maximum absolute atomic E-state index is 9.21. The topological polar surface area (TPSA) is 56.0 Å². The summed E-state index contributed by atoms with van der Waals surface area (Å²) in [6.07, 6.45) is 0. The zero-order chi connectivity index (χ0) is 12.1. The Balaban J connectivity index is 2.95. The molecule has 4 heteroatoms. The Kier molecular flexibility index (Phi) is 4.60. The third kappa shape index (κ3) is 3.13. The van der Waals surface area contributed by atoms with Crippen molar-refractivity contribution in [2.75, 3.05) is 11.9 Å². The molecule has 0 saturated carbocycles. The summed E-state index contributed by atoms with van der Waals surface area (Å²) in [4.78, 5) is 0. The second-order valence-electron chi connectivity index (χ2n) is 3.98. The number of hydrogen-bond donors (Lipinski definition) is 2. The summed E-state index contributed by atoms with van der Waals surface area (Å²) in [6, 6.07) is 7.05. The number of anilines is 1. The fourth-order valence-corrected chi connectivity index (χ4v) is 1.53. The van der Waals surface area contributed by atoms with Gasteiger partial charge in [0.25, 0.3) is 0 Å². The lowest BCUT2D eigenvalue weighted by Gasteiger charge is -2.21. The summed E-state index contributed by atoms with van der Waals surface area (Å²) in [5, 5.41) is 21.9. The molecule has 0 unspecified atom stereocenters. The van der Waals surface area contributed by atoms with Gasteiger partial charge in [0.15, 0.2) is 0 Å². The number of nitriles is 1. The highest BCUT2D eigenvalue weighted by Crippen LogP contribution is 2.22. The van der Waals surface area contributed by atoms with E-state index < -0.39 is 0 Å². The van der Waals surface area contributed by atoms with E-state index in [-0.39, 0.29) is 18.6 Å². The standard InChI is InChI=1S/C12H15ClN2O/c1-8(2)12(7-16)15-11-5-10(13)4-3-9(11)6-14/h3-5,8,12,15-16H,7H2,1-2H3/t12-/m1/s1. The van der Waals surface area contributed by atoms with Gasteiger partial charge in [0.05, 0.1) is 23.9 Å². The van der Waals surface area contributed by atoms with Crippen LogP contribution in [-0.2, 0) is 0 Å². The van der Waals surface area contributed by atoms with E-state index >= 15 is 0 Å². The van der Waals surface area contributed by atoms with Gasteiger partial charge in [-0.15, -0.1) is 0 Å². The van der Waals surface area contributed by atoms with Gasteiger partial charge in [0.2, 0.25) is 0 Å². The Hall–Kier alpha value is -1.24. The first-order valence-electron chi connectivity index (χ1n) is 5.15. The van der Waals surface area contributed by atoms with Crippen molar-refractivity contribution in [3.63, 3.8) is 0 Å². The van der Waals surface area contributed by atoms with Crippen molar-refractivity contribution in [1.82, 2.24) is 0 Å². The third-order valence-electron chi connectivity index (χ3n) is 2.44. The molecule has 1 rings (SSSR count). The second-order valence-corrected chi connectivity index (χ2v) is 4.42. The summed E-state index contributed by atoms with van der Waals surface area (Å²) in [7, 11) is 0. The predicted molar refractivity (Wildman–Crippen MR) is 65.5 cm³/mol. The summed E-state index contributed by atoms with van der Waals surface area (Å²) in [6.45, 7) is 4.03. The average molecular weight is 239 g/mol. The molecule has 0 saturated heterocycles. The molecule has 0 fully saturated rings. The fraction of sp³-hybridized carbons (Fsp3) is 0.417. The maximum Gasteiger partial charge on any atom is 0.101 e. The molecule has 0 amide bonds. The van der Waals surface area contributed by atoms with E-state index in [1.165, 1.54) is 0 Å². The molecule has 2 N–H and O–H groups in total. The van der Waals surface area contributed by atoms with Crippen LogP contribution in [0.1, 0.15) is 19.4 Å². The van der Waals surface area contributed by atoms with Crippen LogP contribution in [0.25, 0.3) is 0 Å². The van der Waals surface area contributed by atoms with Crippen LogP contribution in [0.5, 0.6) is 0 Å². The van der Waals surface area contributed by atoms with Crippen LogP contribution in [0.2, 0.25) is 5.02 Å². The molecule has 0 radical (unpaired) electrons. The molecule has 1 aromatic rings. The molecular formula is C12H15ClN2O. The largest absolute Gasteiger partial charge is 0.394 e. The van der Waals surface area contributed by atoms with Gasteiger partial charge in [0.1, 0.15) is 6.07 Å². The molecule has 16 heavy (non-hydrogen) atoms. The van der Waals surface area contributed by atoms with Gasteiger partial charge in [-0.2, -0.15) is 5.26 Å². The summed E-state index contributed by atoms with van der Waals surface area (Å²) in [5.41, 5.74) is 1.20. The number of halogens is 1. The Morgan fingerprint density at radius 2 is 2.19 bits per heavy atom. The van der Waals surface area contributed by atoms with E-state index in [0.717, 1.165) is 0 Å². The lowest BCUT2D eigenvalue weighted by atomic mass is 10.0. The minimum atomic E-state index is -0.0782. The molecular weight excluding hydrogens is 224 g/mol. The van der Waals surface area contributed by atoms with Crippen LogP contribution in [0, 0.1) is 17.2 Å². The van der Waals surface area contributed by atoms with Crippen molar-refractivity contribution in [2.24, 2.45) is 5.92 Å². The normalized spacial score (nSPS) is 12.2. The Bertz CT molecular complexity index is 398. The smallest absolute Gasteiger partial charge is 0.101 e. The number of rotatable bonds is 4. The first-order chi connectivity index (χ1) is 7.58. The molecule has 0 aliphatic carbocycles. The Morgan fingerprint density at radius 1 is 1.50 bits per heavy atom. The molecule has 86 valence electrons. The molecule has 0 bridgehead atoms. The second kappa shape index (κ2) is 5.74.